The van der Waals surface area contributed by atoms with Crippen LogP contribution < -0.4 is 9.97 Å². The van der Waals surface area contributed by atoms with Crippen LogP contribution in [0.3, 0.4) is 0 Å². The monoisotopic (exact) mass is 182 g/mol. The van der Waals surface area contributed by atoms with Gasteiger partial charge < -0.3 is 0 Å². The molecule has 0 fully saturated rings. The number of nitrogens with one attached hydrogen (secondary N) is 2. The summed E-state index contributed by atoms with van der Waals surface area (Å²) in [6.07, 6.45) is 7.47. The molecule has 2 N–H and O–H groups in total. The first-order valence-corrected chi connectivity index (χ1v) is 4.39. The lowest BCUT2D eigenvalue weighted by molar-refractivity contribution is -0.378. The van der Waals surface area contributed by atoms with Gasteiger partial charge in [0.1, 0.15) is 0 Å². The first-order chi connectivity index (χ1) is 6.95. The molecule has 0 atom stereocenters. The van der Waals surface area contributed by atoms with Crippen LogP contribution in [-0.2, 0) is 0 Å². The number of hydrogen-bond donors (Lipinski definition) is 0. The third-order valence-electron chi connectivity index (χ3n) is 1.77. The van der Waals surface area contributed by atoms with Crippen molar-refractivity contribution >= 4 is 0 Å². The summed E-state index contributed by atoms with van der Waals surface area (Å²) in [6, 6.07) is 7.80. The Balaban J connectivity index is 2.24. The van der Waals surface area contributed by atoms with Gasteiger partial charge in [0.15, 0.2) is 24.8 Å². The van der Waals surface area contributed by atoms with Crippen molar-refractivity contribution in [1.29, 1.82) is 0 Å². The van der Waals surface area contributed by atoms with Gasteiger partial charge >= 0.3 is 0 Å². The standard InChI is InChI=1S/C12H8N2/c1-3-11(9-13-7-1)5-6-12-4-2-8-14-10-12/h1-4,7-10H/p+2. The van der Waals surface area contributed by atoms with Crippen LogP contribution in [0.4, 0.5) is 0 Å². The molecule has 0 spiro atoms. The third kappa shape index (κ3) is 2.18. The molecule has 0 saturated heterocycles. The van der Waals surface area contributed by atoms with Gasteiger partial charge in [0.05, 0.1) is 11.1 Å². The maximum absolute atomic E-state index is 3.06. The van der Waals surface area contributed by atoms with E-state index in [1.807, 2.05) is 49.1 Å². The molecule has 0 aliphatic carbocycles. The van der Waals surface area contributed by atoms with E-state index in [1.54, 1.807) is 0 Å². The minimum Gasteiger partial charge on any atom is -0.217 e. The zero-order valence-electron chi connectivity index (χ0n) is 7.62. The molecule has 14 heavy (non-hydrogen) atoms. The van der Waals surface area contributed by atoms with Crippen LogP contribution in [0.1, 0.15) is 11.1 Å². The van der Waals surface area contributed by atoms with Crippen molar-refractivity contribution in [2.24, 2.45) is 0 Å². The average Bonchev–Trinajstić information content (AvgIpc) is 2.29. The lowest BCUT2D eigenvalue weighted by atomic mass is 10.2. The summed E-state index contributed by atoms with van der Waals surface area (Å²) in [7, 11) is 0. The topological polar surface area (TPSA) is 28.3 Å². The number of aromatic nitrogens is 2. The van der Waals surface area contributed by atoms with E-state index >= 15 is 0 Å². The van der Waals surface area contributed by atoms with Gasteiger partial charge in [-0.1, -0.05) is 11.8 Å². The Kier molecular flexibility index (Phi) is 2.54. The van der Waals surface area contributed by atoms with E-state index < -0.39 is 0 Å². The van der Waals surface area contributed by atoms with E-state index in [1.165, 1.54) is 0 Å². The van der Waals surface area contributed by atoms with Crippen LogP contribution in [0.15, 0.2) is 49.1 Å². The quantitative estimate of drug-likeness (QED) is 0.537. The van der Waals surface area contributed by atoms with E-state index in [0.29, 0.717) is 0 Å². The van der Waals surface area contributed by atoms with Crippen molar-refractivity contribution in [3.63, 3.8) is 0 Å². The van der Waals surface area contributed by atoms with Crippen LogP contribution >= 0.6 is 0 Å². The van der Waals surface area contributed by atoms with Gasteiger partial charge in [-0.25, -0.2) is 9.97 Å². The summed E-state index contributed by atoms with van der Waals surface area (Å²) in [5.41, 5.74) is 1.97. The lowest BCUT2D eigenvalue weighted by Gasteiger charge is -1.82. The van der Waals surface area contributed by atoms with Crippen LogP contribution in [0.5, 0.6) is 0 Å². The van der Waals surface area contributed by atoms with E-state index in [4.69, 9.17) is 0 Å². The molecule has 2 aromatic heterocycles. The van der Waals surface area contributed by atoms with E-state index in [-0.39, 0.29) is 0 Å². The highest BCUT2D eigenvalue weighted by molar-refractivity contribution is 5.38. The lowest BCUT2D eigenvalue weighted by Crippen LogP contribution is -1.99. The van der Waals surface area contributed by atoms with Crippen LogP contribution in [0, 0.1) is 11.8 Å². The average molecular weight is 182 g/mol. The van der Waals surface area contributed by atoms with Gasteiger partial charge in [0, 0.05) is 12.1 Å². The fraction of sp³-hybridized carbons (Fsp3) is 0. The van der Waals surface area contributed by atoms with E-state index in [0.717, 1.165) is 11.1 Å². The molecule has 0 amide bonds. The molecule has 0 bridgehead atoms. The highest BCUT2D eigenvalue weighted by Crippen LogP contribution is 1.92. The largest absolute Gasteiger partial charge is 0.217 e. The maximum Gasteiger partial charge on any atom is 0.182 e. The SMILES string of the molecule is C(#Cc1ccc[nH+]c1)c1ccc[nH+]c1. The molecule has 0 aliphatic rings. The van der Waals surface area contributed by atoms with Gasteiger partial charge in [-0.15, -0.1) is 0 Å². The molecule has 0 radical (unpaired) electrons. The number of hydrogen-bond acceptors (Lipinski definition) is 0. The second-order valence-corrected chi connectivity index (χ2v) is 2.83. The Morgan fingerprint density at radius 1 is 0.786 bits per heavy atom. The van der Waals surface area contributed by atoms with Gasteiger partial charge in [-0.2, -0.15) is 0 Å². The smallest absolute Gasteiger partial charge is 0.182 e. The summed E-state index contributed by atoms with van der Waals surface area (Å²) < 4.78 is 0. The Hall–Kier alpha value is -2.14. The molecule has 0 saturated carbocycles. The predicted octanol–water partition coefficient (Wildman–Crippen LogP) is 0.715. The van der Waals surface area contributed by atoms with Crippen molar-refractivity contribution in [3.8, 4) is 11.8 Å². The fourth-order valence-corrected chi connectivity index (χ4v) is 1.09. The maximum atomic E-state index is 3.06. The Morgan fingerprint density at radius 3 is 1.64 bits per heavy atom. The molecule has 2 nitrogen and oxygen atoms in total. The second-order valence-electron chi connectivity index (χ2n) is 2.83. The second kappa shape index (κ2) is 4.20. The fourth-order valence-electron chi connectivity index (χ4n) is 1.09. The van der Waals surface area contributed by atoms with E-state index in [9.17, 15) is 0 Å². The molecule has 0 aliphatic heterocycles. The molecular weight excluding hydrogens is 172 g/mol. The Morgan fingerprint density at radius 2 is 1.29 bits per heavy atom. The Labute approximate surface area is 82.7 Å². The first kappa shape index (κ1) is 8.46. The van der Waals surface area contributed by atoms with Gasteiger partial charge in [-0.3, -0.25) is 0 Å². The molecule has 2 heterocycles. The van der Waals surface area contributed by atoms with Crippen LogP contribution in [0.2, 0.25) is 0 Å². The van der Waals surface area contributed by atoms with Crippen molar-refractivity contribution in [2.45, 2.75) is 0 Å². The minimum atomic E-state index is 0.983. The van der Waals surface area contributed by atoms with Crippen molar-refractivity contribution in [1.82, 2.24) is 0 Å². The first-order valence-electron chi connectivity index (χ1n) is 4.39. The zero-order valence-corrected chi connectivity index (χ0v) is 7.62. The summed E-state index contributed by atoms with van der Waals surface area (Å²) in [4.78, 5) is 5.97. The number of H-pyrrole nitrogens is 2. The van der Waals surface area contributed by atoms with Crippen molar-refractivity contribution in [3.05, 3.63) is 60.2 Å². The summed E-state index contributed by atoms with van der Waals surface area (Å²) >= 11 is 0. The highest BCUT2D eigenvalue weighted by Gasteiger charge is 1.89. The summed E-state index contributed by atoms with van der Waals surface area (Å²) in [5.74, 6) is 6.12. The van der Waals surface area contributed by atoms with Crippen molar-refractivity contribution in [2.75, 3.05) is 0 Å². The molecule has 0 aromatic carbocycles. The van der Waals surface area contributed by atoms with Crippen molar-refractivity contribution < 1.29 is 9.97 Å². The number of rotatable bonds is 0. The molecule has 0 unspecified atom stereocenters. The van der Waals surface area contributed by atoms with Gasteiger partial charge in [0.2, 0.25) is 0 Å². The normalized spacial score (nSPS) is 8.86. The Bertz CT molecular complexity index is 408. The van der Waals surface area contributed by atoms with Gasteiger partial charge in [0.25, 0.3) is 0 Å². The molecule has 2 rings (SSSR count). The summed E-state index contributed by atoms with van der Waals surface area (Å²) in [6.45, 7) is 0. The number of aromatic amines is 2. The minimum absolute atomic E-state index is 0.983. The van der Waals surface area contributed by atoms with Gasteiger partial charge in [-0.05, 0) is 12.1 Å². The molecule has 2 aromatic rings. The molecular formula is C12H10N2+2. The van der Waals surface area contributed by atoms with Crippen LogP contribution in [-0.4, -0.2) is 0 Å². The van der Waals surface area contributed by atoms with E-state index in [2.05, 4.69) is 21.8 Å². The molecule has 2 heteroatoms. The zero-order chi connectivity index (χ0) is 9.64. The predicted molar refractivity (Wildman–Crippen MR) is 52.0 cm³/mol. The molecule has 66 valence electrons. The third-order valence-corrected chi connectivity index (χ3v) is 1.77. The summed E-state index contributed by atoms with van der Waals surface area (Å²) in [5, 5.41) is 0. The van der Waals surface area contributed by atoms with Crippen LogP contribution in [0.25, 0.3) is 0 Å². The highest BCUT2D eigenvalue weighted by atomic mass is 14.6. The number of pyridine rings is 2.